The number of halogens is 1. The summed E-state index contributed by atoms with van der Waals surface area (Å²) in [5, 5.41) is 42.0. The van der Waals surface area contributed by atoms with Crippen LogP contribution in [0.2, 0.25) is 0 Å². The lowest BCUT2D eigenvalue weighted by Crippen LogP contribution is -1.86. The summed E-state index contributed by atoms with van der Waals surface area (Å²) in [5.41, 5.74) is 4.19. The SMILES string of the molecule is COc1c(O)ccc2cc(-c3ccc(O)cc3)ccc12.Oc1ccc(-c2ccc3c(Br)c(O)ccc3c2)cc1. The number of phenols is 4. The van der Waals surface area contributed by atoms with Crippen molar-refractivity contribution < 1.29 is 25.2 Å². The molecule has 0 aromatic heterocycles. The predicted molar refractivity (Wildman–Crippen MR) is 160 cm³/mol. The molecule has 0 radical (unpaired) electrons. The molecule has 0 saturated carbocycles. The van der Waals surface area contributed by atoms with Crippen molar-refractivity contribution in [2.24, 2.45) is 0 Å². The Balaban J connectivity index is 0.000000158. The van der Waals surface area contributed by atoms with Crippen molar-refractivity contribution in [3.63, 3.8) is 0 Å². The maximum absolute atomic E-state index is 9.77. The number of ether oxygens (including phenoxy) is 1. The summed E-state index contributed by atoms with van der Waals surface area (Å²) in [7, 11) is 1.54. The third-order valence-electron chi connectivity index (χ3n) is 6.49. The Bertz CT molecular complexity index is 1780. The molecule has 4 N–H and O–H groups in total. The van der Waals surface area contributed by atoms with Gasteiger partial charge in [0.25, 0.3) is 0 Å². The third-order valence-corrected chi connectivity index (χ3v) is 7.32. The van der Waals surface area contributed by atoms with Crippen LogP contribution in [0.15, 0.2) is 114 Å². The Morgan fingerprint density at radius 2 is 0.923 bits per heavy atom. The van der Waals surface area contributed by atoms with Crippen molar-refractivity contribution in [2.45, 2.75) is 0 Å². The fourth-order valence-corrected chi connectivity index (χ4v) is 4.94. The van der Waals surface area contributed by atoms with Crippen LogP contribution in [0.3, 0.4) is 0 Å². The maximum Gasteiger partial charge on any atom is 0.168 e. The smallest absolute Gasteiger partial charge is 0.168 e. The van der Waals surface area contributed by atoms with Crippen LogP contribution in [-0.4, -0.2) is 27.5 Å². The number of methoxy groups -OCH3 is 1. The van der Waals surface area contributed by atoms with Gasteiger partial charge in [-0.2, -0.15) is 0 Å². The van der Waals surface area contributed by atoms with E-state index in [4.69, 9.17) is 4.74 Å². The van der Waals surface area contributed by atoms with Gasteiger partial charge in [0.1, 0.15) is 17.2 Å². The number of benzene rings is 6. The van der Waals surface area contributed by atoms with Crippen LogP contribution in [0, 0.1) is 0 Å². The minimum Gasteiger partial charge on any atom is -0.508 e. The Hall–Kier alpha value is -4.68. The van der Waals surface area contributed by atoms with E-state index in [0.29, 0.717) is 10.2 Å². The Morgan fingerprint density at radius 1 is 0.487 bits per heavy atom. The van der Waals surface area contributed by atoms with Crippen LogP contribution < -0.4 is 4.74 Å². The lowest BCUT2D eigenvalue weighted by Gasteiger charge is -2.09. The molecule has 0 atom stereocenters. The summed E-state index contributed by atoms with van der Waals surface area (Å²) >= 11 is 3.39. The number of phenolic OH excluding ortho intramolecular Hbond substituents is 4. The van der Waals surface area contributed by atoms with E-state index < -0.39 is 0 Å². The van der Waals surface area contributed by atoms with Gasteiger partial charge in [0.05, 0.1) is 11.6 Å². The van der Waals surface area contributed by atoms with Crippen molar-refractivity contribution >= 4 is 37.5 Å². The molecule has 0 fully saturated rings. The van der Waals surface area contributed by atoms with Crippen LogP contribution in [-0.2, 0) is 0 Å². The molecule has 0 aliphatic rings. The first-order valence-electron chi connectivity index (χ1n) is 12.1. The fourth-order valence-electron chi connectivity index (χ4n) is 4.45. The first-order chi connectivity index (χ1) is 18.8. The van der Waals surface area contributed by atoms with Gasteiger partial charge in [-0.3, -0.25) is 0 Å². The zero-order valence-corrected chi connectivity index (χ0v) is 22.6. The van der Waals surface area contributed by atoms with Gasteiger partial charge in [0.2, 0.25) is 0 Å². The molecular weight excluding hydrogens is 556 g/mol. The fraction of sp³-hybridized carbons (Fsp3) is 0.0303. The number of hydrogen-bond acceptors (Lipinski definition) is 5. The quantitative estimate of drug-likeness (QED) is 0.168. The second-order valence-corrected chi connectivity index (χ2v) is 9.78. The van der Waals surface area contributed by atoms with Gasteiger partial charge in [0, 0.05) is 5.39 Å². The summed E-state index contributed by atoms with van der Waals surface area (Å²) in [6, 6.07) is 33.2. The molecule has 6 aromatic rings. The highest BCUT2D eigenvalue weighted by atomic mass is 79.9. The maximum atomic E-state index is 9.77. The molecule has 0 amide bonds. The van der Waals surface area contributed by atoms with Crippen molar-refractivity contribution in [1.29, 1.82) is 0 Å². The molecule has 6 aromatic carbocycles. The molecule has 0 unspecified atom stereocenters. The highest BCUT2D eigenvalue weighted by molar-refractivity contribution is 9.10. The molecule has 0 aliphatic carbocycles. The van der Waals surface area contributed by atoms with Crippen molar-refractivity contribution in [3.8, 4) is 51.0 Å². The molecule has 0 heterocycles. The minimum atomic E-state index is 0.136. The molecule has 6 heteroatoms. The van der Waals surface area contributed by atoms with Crippen molar-refractivity contribution in [1.82, 2.24) is 0 Å². The van der Waals surface area contributed by atoms with Gasteiger partial charge < -0.3 is 25.2 Å². The van der Waals surface area contributed by atoms with Gasteiger partial charge in [-0.25, -0.2) is 0 Å². The number of rotatable bonds is 3. The zero-order chi connectivity index (χ0) is 27.5. The van der Waals surface area contributed by atoms with E-state index in [0.717, 1.165) is 43.8 Å². The van der Waals surface area contributed by atoms with Gasteiger partial charge in [-0.05, 0) is 109 Å². The highest BCUT2D eigenvalue weighted by Crippen LogP contribution is 2.37. The highest BCUT2D eigenvalue weighted by Gasteiger charge is 2.09. The summed E-state index contributed by atoms with van der Waals surface area (Å²) in [6.07, 6.45) is 0. The van der Waals surface area contributed by atoms with Crippen LogP contribution in [0.25, 0.3) is 43.8 Å². The van der Waals surface area contributed by atoms with Gasteiger partial charge in [0.15, 0.2) is 11.5 Å². The summed E-state index contributed by atoms with van der Waals surface area (Å²) in [5.74, 6) is 1.38. The molecule has 5 nitrogen and oxygen atoms in total. The monoisotopic (exact) mass is 580 g/mol. The predicted octanol–water partition coefficient (Wildman–Crippen LogP) is 8.61. The van der Waals surface area contributed by atoms with Crippen LogP contribution in [0.4, 0.5) is 0 Å². The molecule has 0 aliphatic heterocycles. The molecule has 6 rings (SSSR count). The largest absolute Gasteiger partial charge is 0.508 e. The molecule has 0 bridgehead atoms. The van der Waals surface area contributed by atoms with E-state index in [2.05, 4.69) is 22.0 Å². The molecule has 194 valence electrons. The molecule has 39 heavy (non-hydrogen) atoms. The molecular formula is C33H25BrO5. The van der Waals surface area contributed by atoms with E-state index in [1.54, 1.807) is 43.5 Å². The summed E-state index contributed by atoms with van der Waals surface area (Å²) < 4.78 is 5.95. The van der Waals surface area contributed by atoms with E-state index >= 15 is 0 Å². The zero-order valence-electron chi connectivity index (χ0n) is 21.0. The first kappa shape index (κ1) is 25.9. The summed E-state index contributed by atoms with van der Waals surface area (Å²) in [4.78, 5) is 0. The van der Waals surface area contributed by atoms with Gasteiger partial charge in [-0.1, -0.05) is 54.6 Å². The molecule has 0 spiro atoms. The number of aromatic hydroxyl groups is 4. The van der Waals surface area contributed by atoms with Crippen molar-refractivity contribution in [2.75, 3.05) is 7.11 Å². The second-order valence-electron chi connectivity index (χ2n) is 8.98. The van der Waals surface area contributed by atoms with E-state index in [1.165, 1.54) is 0 Å². The Kier molecular flexibility index (Phi) is 7.30. The number of fused-ring (bicyclic) bond motifs is 2. The van der Waals surface area contributed by atoms with Crippen LogP contribution in [0.5, 0.6) is 28.7 Å². The van der Waals surface area contributed by atoms with Gasteiger partial charge in [-0.15, -0.1) is 0 Å². The second kappa shape index (κ2) is 11.0. The lowest BCUT2D eigenvalue weighted by molar-refractivity contribution is 0.378. The number of hydrogen-bond donors (Lipinski definition) is 4. The standard InChI is InChI=1S/C17H14O3.C16H11BrO2/c1-20-17-15-8-4-12(10-13(15)5-9-16(17)19)11-2-6-14(18)7-3-11;17-16-14-7-3-11(9-12(14)4-8-15(16)19)10-1-5-13(18)6-2-10/h2-10,18-19H,1H3;1-9,18-19H. The third kappa shape index (κ3) is 5.47. The van der Waals surface area contributed by atoms with Crippen LogP contribution >= 0.6 is 15.9 Å². The van der Waals surface area contributed by atoms with E-state index in [1.807, 2.05) is 66.7 Å². The summed E-state index contributed by atoms with van der Waals surface area (Å²) in [6.45, 7) is 0. The normalized spacial score (nSPS) is 10.7. The average molecular weight is 581 g/mol. The lowest BCUT2D eigenvalue weighted by atomic mass is 10.0. The average Bonchev–Trinajstić information content (AvgIpc) is 2.96. The topological polar surface area (TPSA) is 90.2 Å². The van der Waals surface area contributed by atoms with E-state index in [-0.39, 0.29) is 23.0 Å². The van der Waals surface area contributed by atoms with E-state index in [9.17, 15) is 20.4 Å². The Labute approximate surface area is 233 Å². The Morgan fingerprint density at radius 3 is 1.44 bits per heavy atom. The minimum absolute atomic E-state index is 0.136. The molecule has 0 saturated heterocycles. The first-order valence-corrected chi connectivity index (χ1v) is 12.9. The van der Waals surface area contributed by atoms with Gasteiger partial charge >= 0.3 is 0 Å². The van der Waals surface area contributed by atoms with Crippen molar-refractivity contribution in [3.05, 3.63) is 114 Å². The van der Waals surface area contributed by atoms with Crippen LogP contribution in [0.1, 0.15) is 0 Å².